The summed E-state index contributed by atoms with van der Waals surface area (Å²) in [5, 5.41) is 13.3. The second-order valence-corrected chi connectivity index (χ2v) is 6.41. The van der Waals surface area contributed by atoms with E-state index in [9.17, 15) is 9.59 Å². The fourth-order valence-corrected chi connectivity index (χ4v) is 3.32. The predicted octanol–water partition coefficient (Wildman–Crippen LogP) is 2.13. The average molecular weight is 327 g/mol. The molecule has 6 nitrogen and oxygen atoms in total. The minimum atomic E-state index is -0.911. The van der Waals surface area contributed by atoms with Crippen LogP contribution in [-0.2, 0) is 13.5 Å². The minimum Gasteiger partial charge on any atom is -0.478 e. The van der Waals surface area contributed by atoms with Gasteiger partial charge in [-0.15, -0.1) is 0 Å². The number of aromatic carboxylic acids is 1. The highest BCUT2D eigenvalue weighted by Crippen LogP contribution is 2.23. The summed E-state index contributed by atoms with van der Waals surface area (Å²) in [6.45, 7) is 3.30. The number of aromatic nitrogens is 2. The molecule has 1 fully saturated rings. The summed E-state index contributed by atoms with van der Waals surface area (Å²) in [4.78, 5) is 25.5. The lowest BCUT2D eigenvalue weighted by Crippen LogP contribution is -2.30. The van der Waals surface area contributed by atoms with Crippen LogP contribution in [0.4, 0.5) is 0 Å². The number of carbonyl (C=O) groups is 2. The van der Waals surface area contributed by atoms with Crippen LogP contribution in [0.5, 0.6) is 0 Å². The van der Waals surface area contributed by atoms with Gasteiger partial charge in [-0.3, -0.25) is 9.48 Å². The number of nitrogens with zero attached hydrogens (tertiary/aromatic N) is 3. The summed E-state index contributed by atoms with van der Waals surface area (Å²) in [6.07, 6.45) is 1.72. The lowest BCUT2D eigenvalue weighted by molar-refractivity contribution is 0.0696. The highest BCUT2D eigenvalue weighted by molar-refractivity contribution is 5.93. The van der Waals surface area contributed by atoms with Gasteiger partial charge in [-0.2, -0.15) is 5.10 Å². The normalized spacial score (nSPS) is 17.2. The average Bonchev–Trinajstić information content (AvgIpc) is 3.13. The van der Waals surface area contributed by atoms with E-state index in [0.29, 0.717) is 23.7 Å². The molecule has 2 aromatic rings. The molecule has 0 bridgehead atoms. The van der Waals surface area contributed by atoms with Crippen LogP contribution < -0.4 is 0 Å². The van der Waals surface area contributed by atoms with Gasteiger partial charge in [0, 0.05) is 20.1 Å². The Kier molecular flexibility index (Phi) is 4.38. The van der Waals surface area contributed by atoms with Gasteiger partial charge < -0.3 is 10.0 Å². The molecule has 1 aromatic carbocycles. The third-order valence-electron chi connectivity index (χ3n) is 4.49. The Balaban J connectivity index is 1.65. The predicted molar refractivity (Wildman–Crippen MR) is 89.1 cm³/mol. The van der Waals surface area contributed by atoms with Crippen molar-refractivity contribution in [2.24, 2.45) is 13.0 Å². The Morgan fingerprint density at radius 3 is 2.79 bits per heavy atom. The van der Waals surface area contributed by atoms with Gasteiger partial charge in [0.25, 0.3) is 5.91 Å². The van der Waals surface area contributed by atoms with Crippen molar-refractivity contribution in [2.75, 3.05) is 13.1 Å². The van der Waals surface area contributed by atoms with Crippen LogP contribution in [0.15, 0.2) is 30.3 Å². The number of hydrogen-bond acceptors (Lipinski definition) is 3. The highest BCUT2D eigenvalue weighted by Gasteiger charge is 2.28. The Bertz CT molecular complexity index is 782. The fraction of sp³-hybridized carbons (Fsp3) is 0.389. The van der Waals surface area contributed by atoms with Crippen molar-refractivity contribution in [1.29, 1.82) is 0 Å². The molecule has 6 heteroatoms. The van der Waals surface area contributed by atoms with Crippen molar-refractivity contribution in [3.63, 3.8) is 0 Å². The van der Waals surface area contributed by atoms with Gasteiger partial charge in [0.2, 0.25) is 0 Å². The summed E-state index contributed by atoms with van der Waals surface area (Å²) >= 11 is 0. The minimum absolute atomic E-state index is 0.0138. The van der Waals surface area contributed by atoms with Crippen molar-refractivity contribution in [2.45, 2.75) is 19.8 Å². The molecule has 0 radical (unpaired) electrons. The molecule has 0 spiro atoms. The number of aryl methyl sites for hydroxylation is 2. The van der Waals surface area contributed by atoms with Crippen molar-refractivity contribution in [1.82, 2.24) is 14.7 Å². The smallest absolute Gasteiger partial charge is 0.335 e. The number of carbonyl (C=O) groups excluding carboxylic acids is 1. The summed E-state index contributed by atoms with van der Waals surface area (Å²) < 4.78 is 1.63. The third-order valence-corrected chi connectivity index (χ3v) is 4.49. The number of carboxylic acids is 1. The van der Waals surface area contributed by atoms with E-state index < -0.39 is 5.97 Å². The van der Waals surface area contributed by atoms with Gasteiger partial charge in [-0.1, -0.05) is 12.1 Å². The molecule has 1 aliphatic rings. The summed E-state index contributed by atoms with van der Waals surface area (Å²) in [5.41, 5.74) is 2.76. The molecule has 0 saturated carbocycles. The van der Waals surface area contributed by atoms with Crippen LogP contribution in [0, 0.1) is 12.8 Å². The van der Waals surface area contributed by atoms with Gasteiger partial charge in [-0.05, 0) is 49.4 Å². The third kappa shape index (κ3) is 3.32. The SMILES string of the molecule is Cc1cc(C(=O)N2CCC(Cc3cccc(C(=O)O)c3)C2)n(C)n1. The van der Waals surface area contributed by atoms with Crippen LogP contribution in [0.3, 0.4) is 0 Å². The van der Waals surface area contributed by atoms with E-state index in [-0.39, 0.29) is 5.91 Å². The molecule has 1 atom stereocenters. The van der Waals surface area contributed by atoms with E-state index in [0.717, 1.165) is 30.6 Å². The molecule has 1 unspecified atom stereocenters. The number of amides is 1. The van der Waals surface area contributed by atoms with E-state index in [2.05, 4.69) is 5.10 Å². The van der Waals surface area contributed by atoms with Gasteiger partial charge in [-0.25, -0.2) is 4.79 Å². The molecule has 126 valence electrons. The molecule has 1 aliphatic heterocycles. The topological polar surface area (TPSA) is 75.4 Å². The molecule has 1 N–H and O–H groups in total. The lowest BCUT2D eigenvalue weighted by Gasteiger charge is -2.16. The van der Waals surface area contributed by atoms with E-state index in [4.69, 9.17) is 5.11 Å². The monoisotopic (exact) mass is 327 g/mol. The first-order chi connectivity index (χ1) is 11.4. The second kappa shape index (κ2) is 6.47. The van der Waals surface area contributed by atoms with Crippen LogP contribution in [0.1, 0.15) is 38.5 Å². The lowest BCUT2D eigenvalue weighted by atomic mass is 9.97. The zero-order valence-corrected chi connectivity index (χ0v) is 13.9. The molecule has 1 amide bonds. The molecule has 0 aliphatic carbocycles. The highest BCUT2D eigenvalue weighted by atomic mass is 16.4. The summed E-state index contributed by atoms with van der Waals surface area (Å²) in [5.74, 6) is -0.543. The Morgan fingerprint density at radius 2 is 2.12 bits per heavy atom. The number of carboxylic acid groups (broad SMARTS) is 1. The Morgan fingerprint density at radius 1 is 1.33 bits per heavy atom. The maximum absolute atomic E-state index is 12.6. The first kappa shape index (κ1) is 16.2. The standard InChI is InChI=1S/C18H21N3O3/c1-12-8-16(20(2)19-12)17(22)21-7-6-14(11-21)9-13-4-3-5-15(10-13)18(23)24/h3-5,8,10,14H,6-7,9,11H2,1-2H3,(H,23,24). The zero-order chi connectivity index (χ0) is 17.3. The Labute approximate surface area is 140 Å². The van der Waals surface area contributed by atoms with Gasteiger partial charge in [0.1, 0.15) is 5.69 Å². The van der Waals surface area contributed by atoms with Crippen molar-refractivity contribution in [3.8, 4) is 0 Å². The van der Waals surface area contributed by atoms with E-state index in [1.807, 2.05) is 24.0 Å². The number of benzene rings is 1. The van der Waals surface area contributed by atoms with Gasteiger partial charge in [0.05, 0.1) is 11.3 Å². The second-order valence-electron chi connectivity index (χ2n) is 6.41. The maximum atomic E-state index is 12.6. The van der Waals surface area contributed by atoms with Crippen LogP contribution >= 0.6 is 0 Å². The number of rotatable bonds is 4. The van der Waals surface area contributed by atoms with Gasteiger partial charge >= 0.3 is 5.97 Å². The van der Waals surface area contributed by atoms with Crippen molar-refractivity contribution < 1.29 is 14.7 Å². The first-order valence-corrected chi connectivity index (χ1v) is 8.06. The molecule has 1 saturated heterocycles. The van der Waals surface area contributed by atoms with Crippen LogP contribution in [0.2, 0.25) is 0 Å². The van der Waals surface area contributed by atoms with E-state index in [1.165, 1.54) is 0 Å². The molecule has 24 heavy (non-hydrogen) atoms. The summed E-state index contributed by atoms with van der Waals surface area (Å²) in [6, 6.07) is 8.85. The molecular weight excluding hydrogens is 306 g/mol. The Hall–Kier alpha value is -2.63. The zero-order valence-electron chi connectivity index (χ0n) is 13.9. The summed E-state index contributed by atoms with van der Waals surface area (Å²) in [7, 11) is 1.78. The fourth-order valence-electron chi connectivity index (χ4n) is 3.32. The largest absolute Gasteiger partial charge is 0.478 e. The molecule has 1 aromatic heterocycles. The molecule has 3 rings (SSSR count). The van der Waals surface area contributed by atoms with E-state index >= 15 is 0 Å². The maximum Gasteiger partial charge on any atom is 0.335 e. The number of likely N-dealkylation sites (tertiary alicyclic amines) is 1. The van der Waals surface area contributed by atoms with Gasteiger partial charge in [0.15, 0.2) is 0 Å². The van der Waals surface area contributed by atoms with E-state index in [1.54, 1.807) is 29.9 Å². The number of hydrogen-bond donors (Lipinski definition) is 1. The molecular formula is C18H21N3O3. The molecule has 2 heterocycles. The quantitative estimate of drug-likeness (QED) is 0.933. The van der Waals surface area contributed by atoms with Crippen molar-refractivity contribution in [3.05, 3.63) is 52.8 Å². The first-order valence-electron chi connectivity index (χ1n) is 8.06. The van der Waals surface area contributed by atoms with Crippen molar-refractivity contribution >= 4 is 11.9 Å². The van der Waals surface area contributed by atoms with Crippen LogP contribution in [-0.4, -0.2) is 44.8 Å². The van der Waals surface area contributed by atoms with Crippen LogP contribution in [0.25, 0.3) is 0 Å².